The molecule has 1 heterocycles. The topological polar surface area (TPSA) is 94.9 Å². The number of carbonyl (C=O) groups is 2. The maximum absolute atomic E-state index is 12.3. The van der Waals surface area contributed by atoms with Gasteiger partial charge in [-0.05, 0) is 24.6 Å². The van der Waals surface area contributed by atoms with Gasteiger partial charge in [-0.3, -0.25) is 4.79 Å². The summed E-state index contributed by atoms with van der Waals surface area (Å²) in [5, 5.41) is 12.0. The maximum atomic E-state index is 12.3. The minimum absolute atomic E-state index is 0.0353. The molecule has 0 saturated carbocycles. The molecule has 2 amide bonds. The number of carbonyl (C=O) groups excluding carboxylic acids is 2. The van der Waals surface area contributed by atoms with Crippen LogP contribution in [0, 0.1) is 11.3 Å². The summed E-state index contributed by atoms with van der Waals surface area (Å²) in [6.45, 7) is 4.47. The van der Waals surface area contributed by atoms with Crippen molar-refractivity contribution < 1.29 is 19.1 Å². The van der Waals surface area contributed by atoms with E-state index in [1.165, 1.54) is 0 Å². The van der Waals surface area contributed by atoms with Crippen molar-refractivity contribution in [2.45, 2.75) is 13.5 Å². The van der Waals surface area contributed by atoms with E-state index < -0.39 is 5.91 Å². The first-order valence-electron chi connectivity index (χ1n) is 8.76. The van der Waals surface area contributed by atoms with Gasteiger partial charge < -0.3 is 24.6 Å². The summed E-state index contributed by atoms with van der Waals surface area (Å²) in [7, 11) is 1.59. The molecule has 1 saturated heterocycles. The number of methoxy groups -OCH3 is 1. The number of rotatable bonds is 6. The molecule has 144 valence electrons. The highest BCUT2D eigenvalue weighted by Crippen LogP contribution is 2.11. The van der Waals surface area contributed by atoms with Crippen LogP contribution < -0.4 is 10.1 Å². The third kappa shape index (κ3) is 5.92. The van der Waals surface area contributed by atoms with Crippen LogP contribution in [0.25, 0.3) is 0 Å². The van der Waals surface area contributed by atoms with Gasteiger partial charge in [0, 0.05) is 38.9 Å². The van der Waals surface area contributed by atoms with Crippen molar-refractivity contribution in [1.82, 2.24) is 15.1 Å². The number of nitrogens with zero attached hydrogens (tertiary/aromatic N) is 3. The van der Waals surface area contributed by atoms with Gasteiger partial charge in [-0.1, -0.05) is 12.1 Å². The van der Waals surface area contributed by atoms with E-state index in [0.717, 1.165) is 11.3 Å². The molecule has 0 spiro atoms. The van der Waals surface area contributed by atoms with Crippen LogP contribution in [-0.4, -0.2) is 61.7 Å². The van der Waals surface area contributed by atoms with Crippen LogP contribution in [-0.2, 0) is 16.1 Å². The molecule has 27 heavy (non-hydrogen) atoms. The summed E-state index contributed by atoms with van der Waals surface area (Å²) in [6, 6.07) is 9.26. The van der Waals surface area contributed by atoms with Crippen molar-refractivity contribution in [2.24, 2.45) is 0 Å². The Hall–Kier alpha value is -3.21. The van der Waals surface area contributed by atoms with Crippen LogP contribution in [0.3, 0.4) is 0 Å². The fourth-order valence-corrected chi connectivity index (χ4v) is 2.59. The van der Waals surface area contributed by atoms with E-state index in [4.69, 9.17) is 9.47 Å². The van der Waals surface area contributed by atoms with Crippen LogP contribution in [0.5, 0.6) is 5.75 Å². The number of piperazine rings is 1. The molecule has 0 aromatic heterocycles. The fourth-order valence-electron chi connectivity index (χ4n) is 2.59. The lowest BCUT2D eigenvalue weighted by atomic mass is 10.2. The molecular weight excluding hydrogens is 348 g/mol. The van der Waals surface area contributed by atoms with Gasteiger partial charge in [0.25, 0.3) is 5.91 Å². The number of nitrogens with one attached hydrogen (secondary N) is 1. The average molecular weight is 372 g/mol. The largest absolute Gasteiger partial charge is 0.497 e. The summed E-state index contributed by atoms with van der Waals surface area (Å²) in [6.07, 6.45) is 1.21. The molecule has 0 radical (unpaired) electrons. The van der Waals surface area contributed by atoms with E-state index in [9.17, 15) is 14.9 Å². The zero-order valence-electron chi connectivity index (χ0n) is 15.6. The van der Waals surface area contributed by atoms with Gasteiger partial charge in [0.05, 0.1) is 13.7 Å². The van der Waals surface area contributed by atoms with Crippen molar-refractivity contribution in [3.8, 4) is 11.8 Å². The lowest BCUT2D eigenvalue weighted by molar-refractivity contribution is -0.117. The molecule has 0 atom stereocenters. The Labute approximate surface area is 158 Å². The lowest BCUT2D eigenvalue weighted by Crippen LogP contribution is -2.47. The first kappa shape index (κ1) is 20.1. The Bertz CT molecular complexity index is 716. The molecule has 1 aliphatic heterocycles. The molecule has 0 aliphatic carbocycles. The second kappa shape index (κ2) is 10.1. The van der Waals surface area contributed by atoms with Gasteiger partial charge in [0.15, 0.2) is 0 Å². The van der Waals surface area contributed by atoms with E-state index in [1.54, 1.807) is 25.1 Å². The van der Waals surface area contributed by atoms with Gasteiger partial charge in [0.1, 0.15) is 17.4 Å². The minimum atomic E-state index is -0.429. The molecule has 0 bridgehead atoms. The van der Waals surface area contributed by atoms with Crippen molar-refractivity contribution in [1.29, 1.82) is 5.26 Å². The van der Waals surface area contributed by atoms with Gasteiger partial charge in [0.2, 0.25) is 0 Å². The third-order valence-electron chi connectivity index (χ3n) is 4.13. The summed E-state index contributed by atoms with van der Waals surface area (Å²) in [4.78, 5) is 27.4. The standard InChI is InChI=1S/C19H24N4O4/c1-3-27-19(25)23-10-8-22(9-11-23)14-16(12-20)18(24)21-13-15-4-6-17(26-2)7-5-15/h4-7,14H,3,8-11,13H2,1-2H3,(H,21,24)/b16-14-. The molecule has 1 aromatic carbocycles. The van der Waals surface area contributed by atoms with E-state index in [-0.39, 0.29) is 11.7 Å². The highest BCUT2D eigenvalue weighted by atomic mass is 16.6. The molecule has 1 aromatic rings. The van der Waals surface area contributed by atoms with Crippen molar-refractivity contribution in [3.63, 3.8) is 0 Å². The highest BCUT2D eigenvalue weighted by Gasteiger charge is 2.21. The molecule has 2 rings (SSSR count). The van der Waals surface area contributed by atoms with Crippen LogP contribution in [0.4, 0.5) is 4.79 Å². The van der Waals surface area contributed by atoms with Gasteiger partial charge in [-0.15, -0.1) is 0 Å². The maximum Gasteiger partial charge on any atom is 0.409 e. The Morgan fingerprint density at radius 2 is 1.89 bits per heavy atom. The van der Waals surface area contributed by atoms with Crippen LogP contribution in [0.15, 0.2) is 36.0 Å². The molecular formula is C19H24N4O4. The summed E-state index contributed by atoms with van der Waals surface area (Å²) < 4.78 is 10.1. The predicted molar refractivity (Wildman–Crippen MR) is 98.7 cm³/mol. The second-order valence-corrected chi connectivity index (χ2v) is 5.91. The average Bonchev–Trinajstić information content (AvgIpc) is 2.71. The third-order valence-corrected chi connectivity index (χ3v) is 4.13. The number of hydrogen-bond donors (Lipinski definition) is 1. The number of nitriles is 1. The number of hydrogen-bond acceptors (Lipinski definition) is 6. The number of ether oxygens (including phenoxy) is 2. The fraction of sp³-hybridized carbons (Fsp3) is 0.421. The molecule has 0 unspecified atom stereocenters. The SMILES string of the molecule is CCOC(=O)N1CCN(/C=C(/C#N)C(=O)NCc2ccc(OC)cc2)CC1. The lowest BCUT2D eigenvalue weighted by Gasteiger charge is -2.33. The van der Waals surface area contributed by atoms with Gasteiger partial charge in [-0.2, -0.15) is 5.26 Å². The Kier molecular flexibility index (Phi) is 7.49. The van der Waals surface area contributed by atoms with E-state index in [1.807, 2.05) is 35.2 Å². The van der Waals surface area contributed by atoms with E-state index >= 15 is 0 Å². The monoisotopic (exact) mass is 372 g/mol. The zero-order valence-corrected chi connectivity index (χ0v) is 15.6. The van der Waals surface area contributed by atoms with Crippen molar-refractivity contribution >= 4 is 12.0 Å². The first-order valence-corrected chi connectivity index (χ1v) is 8.76. The molecule has 1 fully saturated rings. The smallest absolute Gasteiger partial charge is 0.409 e. The number of benzene rings is 1. The molecule has 1 aliphatic rings. The Balaban J connectivity index is 1.87. The van der Waals surface area contributed by atoms with E-state index in [0.29, 0.717) is 39.3 Å². The molecule has 1 N–H and O–H groups in total. The Morgan fingerprint density at radius 1 is 1.22 bits per heavy atom. The van der Waals surface area contributed by atoms with Crippen LogP contribution in [0.2, 0.25) is 0 Å². The minimum Gasteiger partial charge on any atom is -0.497 e. The van der Waals surface area contributed by atoms with Gasteiger partial charge >= 0.3 is 6.09 Å². The molecule has 8 heteroatoms. The van der Waals surface area contributed by atoms with Crippen molar-refractivity contribution in [3.05, 3.63) is 41.6 Å². The summed E-state index contributed by atoms with van der Waals surface area (Å²) in [5.74, 6) is 0.311. The summed E-state index contributed by atoms with van der Waals surface area (Å²) in [5.41, 5.74) is 0.942. The number of amides is 2. The Morgan fingerprint density at radius 3 is 2.44 bits per heavy atom. The first-order chi connectivity index (χ1) is 13.1. The highest BCUT2D eigenvalue weighted by molar-refractivity contribution is 5.97. The zero-order chi connectivity index (χ0) is 19.6. The van der Waals surface area contributed by atoms with Gasteiger partial charge in [-0.25, -0.2) is 4.79 Å². The van der Waals surface area contributed by atoms with Crippen LogP contribution >= 0.6 is 0 Å². The van der Waals surface area contributed by atoms with Crippen LogP contribution in [0.1, 0.15) is 12.5 Å². The van der Waals surface area contributed by atoms with Crippen molar-refractivity contribution in [2.75, 3.05) is 39.9 Å². The normalized spacial score (nSPS) is 14.3. The van der Waals surface area contributed by atoms with E-state index in [2.05, 4.69) is 5.32 Å². The predicted octanol–water partition coefficient (Wildman–Crippen LogP) is 1.49. The second-order valence-electron chi connectivity index (χ2n) is 5.91. The quantitative estimate of drug-likeness (QED) is 0.601. The summed E-state index contributed by atoms with van der Waals surface area (Å²) >= 11 is 0. The molecule has 8 nitrogen and oxygen atoms in total.